The average Bonchev–Trinajstić information content (AvgIpc) is 2.65. The van der Waals surface area contributed by atoms with Gasteiger partial charge < -0.3 is 14.9 Å². The largest absolute Gasteiger partial charge is 0.323 e. The number of benzene rings is 1. The van der Waals surface area contributed by atoms with Crippen LogP contribution in [0.3, 0.4) is 0 Å². The number of amides is 1. The predicted molar refractivity (Wildman–Crippen MR) is 67.6 cm³/mol. The van der Waals surface area contributed by atoms with Gasteiger partial charge in [0.25, 0.3) is 0 Å². The summed E-state index contributed by atoms with van der Waals surface area (Å²) >= 11 is 0. The van der Waals surface area contributed by atoms with Crippen LogP contribution in [0.1, 0.15) is 13.3 Å². The fourth-order valence-electron chi connectivity index (χ4n) is 1.70. The number of nitrogens with one attached hydrogen (secondary N) is 2. The van der Waals surface area contributed by atoms with Crippen molar-refractivity contribution in [1.29, 1.82) is 0 Å². The Kier molecular flexibility index (Phi) is 3.01. The molecule has 1 aromatic heterocycles. The second kappa shape index (κ2) is 4.48. The van der Waals surface area contributed by atoms with Crippen molar-refractivity contribution in [2.24, 2.45) is 0 Å². The number of carbonyl (C=O) groups excluding carboxylic acids is 2. The van der Waals surface area contributed by atoms with Gasteiger partial charge in [-0.2, -0.15) is 0 Å². The lowest BCUT2D eigenvalue weighted by atomic mass is 10.2. The Bertz CT molecular complexity index is 669. The number of nitrogens with zero attached hydrogens (tertiary/aromatic N) is 1. The summed E-state index contributed by atoms with van der Waals surface area (Å²) in [4.78, 5) is 40.4. The molecule has 0 spiro atoms. The number of Topliss-reactive ketones (excluding diaryl/α,β-unsaturated/α-hetero) is 1. The van der Waals surface area contributed by atoms with Crippen LogP contribution in [0.25, 0.3) is 11.0 Å². The third kappa shape index (κ3) is 2.32. The molecule has 18 heavy (non-hydrogen) atoms. The zero-order valence-corrected chi connectivity index (χ0v) is 10.1. The number of anilines is 1. The maximum Gasteiger partial charge on any atom is 0.323 e. The van der Waals surface area contributed by atoms with E-state index in [0.717, 1.165) is 0 Å². The van der Waals surface area contributed by atoms with Gasteiger partial charge >= 0.3 is 5.69 Å². The smallest absolute Gasteiger partial charge is 0.315 e. The van der Waals surface area contributed by atoms with E-state index in [1.54, 1.807) is 25.2 Å². The van der Waals surface area contributed by atoms with E-state index in [1.807, 2.05) is 0 Å². The summed E-state index contributed by atoms with van der Waals surface area (Å²) in [6.45, 7) is 1.37. The monoisotopic (exact) mass is 247 g/mol. The highest BCUT2D eigenvalue weighted by molar-refractivity contribution is 6.05. The zero-order valence-electron chi connectivity index (χ0n) is 10.1. The second-order valence-electron chi connectivity index (χ2n) is 4.14. The Labute approximate surface area is 103 Å². The van der Waals surface area contributed by atoms with Gasteiger partial charge in [0.15, 0.2) is 0 Å². The second-order valence-corrected chi connectivity index (χ2v) is 4.14. The number of rotatable bonds is 3. The maximum absolute atomic E-state index is 11.7. The minimum atomic E-state index is -0.292. The summed E-state index contributed by atoms with van der Waals surface area (Å²) in [6, 6.07) is 5.11. The van der Waals surface area contributed by atoms with Crippen LogP contribution >= 0.6 is 0 Å². The Balaban J connectivity index is 2.32. The molecule has 2 rings (SSSR count). The van der Waals surface area contributed by atoms with Gasteiger partial charge in [0, 0.05) is 12.7 Å². The highest BCUT2D eigenvalue weighted by atomic mass is 16.2. The van der Waals surface area contributed by atoms with Crippen LogP contribution in [-0.2, 0) is 9.59 Å². The molecular weight excluding hydrogens is 234 g/mol. The molecule has 0 atom stereocenters. The number of hydrogen-bond donors (Lipinski definition) is 2. The van der Waals surface area contributed by atoms with Crippen LogP contribution in [0.4, 0.5) is 5.69 Å². The SMILES string of the molecule is CC(=O)CC(=O)N(C)c1ccc2[nH]c(=O)[nH]c2c1. The van der Waals surface area contributed by atoms with Crippen molar-refractivity contribution in [2.75, 3.05) is 11.9 Å². The fourth-order valence-corrected chi connectivity index (χ4v) is 1.70. The first-order valence-corrected chi connectivity index (χ1v) is 5.45. The number of aromatic amines is 2. The van der Waals surface area contributed by atoms with E-state index in [0.29, 0.717) is 16.7 Å². The number of carbonyl (C=O) groups is 2. The van der Waals surface area contributed by atoms with Crippen molar-refractivity contribution >= 4 is 28.4 Å². The van der Waals surface area contributed by atoms with E-state index in [1.165, 1.54) is 11.8 Å². The summed E-state index contributed by atoms with van der Waals surface area (Å²) in [7, 11) is 1.59. The van der Waals surface area contributed by atoms with Gasteiger partial charge in [0.05, 0.1) is 17.5 Å². The van der Waals surface area contributed by atoms with Crippen molar-refractivity contribution in [2.45, 2.75) is 13.3 Å². The maximum atomic E-state index is 11.7. The van der Waals surface area contributed by atoms with Crippen molar-refractivity contribution in [3.63, 3.8) is 0 Å². The number of fused-ring (bicyclic) bond motifs is 1. The number of H-pyrrole nitrogens is 2. The average molecular weight is 247 g/mol. The first-order valence-electron chi connectivity index (χ1n) is 5.45. The molecule has 6 heteroatoms. The molecule has 1 amide bonds. The molecule has 0 saturated carbocycles. The molecule has 0 fully saturated rings. The lowest BCUT2D eigenvalue weighted by molar-refractivity contribution is -0.125. The number of ketones is 1. The van der Waals surface area contributed by atoms with E-state index in [4.69, 9.17) is 0 Å². The van der Waals surface area contributed by atoms with E-state index in [9.17, 15) is 14.4 Å². The minimum Gasteiger partial charge on any atom is -0.315 e. The van der Waals surface area contributed by atoms with Crippen LogP contribution in [-0.4, -0.2) is 28.7 Å². The quantitative estimate of drug-likeness (QED) is 0.786. The summed E-state index contributed by atoms with van der Waals surface area (Å²) in [5, 5.41) is 0. The lowest BCUT2D eigenvalue weighted by Gasteiger charge is -2.16. The highest BCUT2D eigenvalue weighted by Gasteiger charge is 2.13. The molecule has 0 bridgehead atoms. The van der Waals surface area contributed by atoms with Crippen LogP contribution < -0.4 is 10.6 Å². The molecule has 6 nitrogen and oxygen atoms in total. The molecule has 0 aliphatic heterocycles. The van der Waals surface area contributed by atoms with Crippen LogP contribution in [0.5, 0.6) is 0 Å². The summed E-state index contributed by atoms with van der Waals surface area (Å²) in [6.07, 6.45) is -0.127. The molecule has 2 aromatic rings. The zero-order chi connectivity index (χ0) is 13.3. The molecule has 0 unspecified atom stereocenters. The third-order valence-electron chi connectivity index (χ3n) is 2.66. The summed E-state index contributed by atoms with van der Waals surface area (Å²) in [5.74, 6) is -0.456. The molecule has 0 saturated heterocycles. The Morgan fingerprint density at radius 3 is 2.56 bits per heavy atom. The first kappa shape index (κ1) is 12.1. The molecule has 0 radical (unpaired) electrons. The van der Waals surface area contributed by atoms with Crippen molar-refractivity contribution in [3.8, 4) is 0 Å². The lowest BCUT2D eigenvalue weighted by Crippen LogP contribution is -2.27. The number of imidazole rings is 1. The van der Waals surface area contributed by atoms with Crippen LogP contribution in [0, 0.1) is 0 Å². The van der Waals surface area contributed by atoms with Gasteiger partial charge in [-0.05, 0) is 25.1 Å². The van der Waals surface area contributed by atoms with E-state index in [2.05, 4.69) is 9.97 Å². The van der Waals surface area contributed by atoms with E-state index in [-0.39, 0.29) is 23.8 Å². The molecule has 0 aliphatic rings. The highest BCUT2D eigenvalue weighted by Crippen LogP contribution is 2.18. The normalized spacial score (nSPS) is 10.6. The van der Waals surface area contributed by atoms with Gasteiger partial charge in [0.1, 0.15) is 5.78 Å². The molecule has 94 valence electrons. The molecular formula is C12H13N3O3. The standard InChI is InChI=1S/C12H13N3O3/c1-7(16)5-11(17)15(2)8-3-4-9-10(6-8)14-12(18)13-9/h3-4,6H,5H2,1-2H3,(H2,13,14,18). The summed E-state index contributed by atoms with van der Waals surface area (Å²) < 4.78 is 0. The molecule has 1 aromatic carbocycles. The molecule has 1 heterocycles. The molecule has 2 N–H and O–H groups in total. The van der Waals surface area contributed by atoms with Gasteiger partial charge in [-0.1, -0.05) is 0 Å². The number of hydrogen-bond acceptors (Lipinski definition) is 3. The van der Waals surface area contributed by atoms with Crippen molar-refractivity contribution in [3.05, 3.63) is 28.7 Å². The van der Waals surface area contributed by atoms with Gasteiger partial charge in [-0.25, -0.2) is 4.79 Å². The molecule has 0 aliphatic carbocycles. The third-order valence-corrected chi connectivity index (χ3v) is 2.66. The van der Waals surface area contributed by atoms with Crippen molar-refractivity contribution in [1.82, 2.24) is 9.97 Å². The van der Waals surface area contributed by atoms with Gasteiger partial charge in [-0.15, -0.1) is 0 Å². The van der Waals surface area contributed by atoms with Gasteiger partial charge in [0.2, 0.25) is 5.91 Å². The van der Waals surface area contributed by atoms with Gasteiger partial charge in [-0.3, -0.25) is 9.59 Å². The fraction of sp³-hybridized carbons (Fsp3) is 0.250. The van der Waals surface area contributed by atoms with Crippen LogP contribution in [0.2, 0.25) is 0 Å². The van der Waals surface area contributed by atoms with E-state index < -0.39 is 0 Å². The topological polar surface area (TPSA) is 86.0 Å². The van der Waals surface area contributed by atoms with Crippen molar-refractivity contribution < 1.29 is 9.59 Å². The first-order chi connectivity index (χ1) is 8.47. The number of aromatic nitrogens is 2. The summed E-state index contributed by atoms with van der Waals surface area (Å²) in [5.41, 5.74) is 1.64. The van der Waals surface area contributed by atoms with Crippen LogP contribution in [0.15, 0.2) is 23.0 Å². The van der Waals surface area contributed by atoms with E-state index >= 15 is 0 Å². The Morgan fingerprint density at radius 1 is 1.22 bits per heavy atom. The minimum absolute atomic E-state index is 0.127. The Morgan fingerprint density at radius 2 is 1.89 bits per heavy atom. The predicted octanol–water partition coefficient (Wildman–Crippen LogP) is 0.798. The Hall–Kier alpha value is -2.37.